The van der Waals surface area contributed by atoms with Crippen molar-refractivity contribution in [2.75, 3.05) is 10.6 Å². The number of amides is 2. The molecule has 4 aliphatic rings. The molecule has 2 atom stereocenters. The number of benzene rings is 3. The average Bonchev–Trinajstić information content (AvgIpc) is 3.00. The van der Waals surface area contributed by atoms with Crippen LogP contribution in [-0.2, 0) is 9.59 Å². The average molecular weight is 366 g/mol. The van der Waals surface area contributed by atoms with Gasteiger partial charge in [-0.05, 0) is 46.5 Å². The van der Waals surface area contributed by atoms with Crippen LogP contribution in [0.2, 0.25) is 0 Å². The van der Waals surface area contributed by atoms with E-state index in [-0.39, 0.29) is 35.5 Å². The van der Waals surface area contributed by atoms with Crippen LogP contribution < -0.4 is 10.6 Å². The SMILES string of the molecule is Nc1ccc(N2C(=O)C3C4c5ccccc5C(c5ccccc54)C3C2=O)cc1. The van der Waals surface area contributed by atoms with Crippen molar-refractivity contribution >= 4 is 23.2 Å². The molecule has 136 valence electrons. The number of nitrogens with zero attached hydrogens (tertiary/aromatic N) is 1. The second-order valence-corrected chi connectivity index (χ2v) is 7.87. The Balaban J connectivity index is 1.57. The number of nitrogens with two attached hydrogens (primary N) is 1. The first-order valence-electron chi connectivity index (χ1n) is 9.58. The van der Waals surface area contributed by atoms with E-state index in [2.05, 4.69) is 24.3 Å². The van der Waals surface area contributed by atoms with Crippen LogP contribution in [0.1, 0.15) is 34.1 Å². The fraction of sp³-hybridized carbons (Fsp3) is 0.167. The van der Waals surface area contributed by atoms with Crippen molar-refractivity contribution < 1.29 is 9.59 Å². The number of rotatable bonds is 1. The van der Waals surface area contributed by atoms with Gasteiger partial charge in [0, 0.05) is 17.5 Å². The van der Waals surface area contributed by atoms with E-state index in [0.29, 0.717) is 11.4 Å². The topological polar surface area (TPSA) is 63.4 Å². The third kappa shape index (κ3) is 1.80. The van der Waals surface area contributed by atoms with Gasteiger partial charge in [-0.2, -0.15) is 0 Å². The van der Waals surface area contributed by atoms with Gasteiger partial charge in [0.25, 0.3) is 0 Å². The lowest BCUT2D eigenvalue weighted by Crippen LogP contribution is -2.41. The molecule has 3 aromatic carbocycles. The van der Waals surface area contributed by atoms with Crippen LogP contribution in [0.5, 0.6) is 0 Å². The molecule has 1 fully saturated rings. The highest BCUT2D eigenvalue weighted by Crippen LogP contribution is 2.61. The monoisotopic (exact) mass is 366 g/mol. The summed E-state index contributed by atoms with van der Waals surface area (Å²) < 4.78 is 0. The first kappa shape index (κ1) is 15.6. The summed E-state index contributed by atoms with van der Waals surface area (Å²) in [6.07, 6.45) is 0. The van der Waals surface area contributed by atoms with E-state index in [1.807, 2.05) is 24.3 Å². The van der Waals surface area contributed by atoms with E-state index in [0.717, 1.165) is 0 Å². The van der Waals surface area contributed by atoms with Gasteiger partial charge in [-0.25, -0.2) is 4.90 Å². The summed E-state index contributed by atoms with van der Waals surface area (Å²) in [5.74, 6) is -1.03. The Morgan fingerprint density at radius 3 is 1.39 bits per heavy atom. The standard InChI is InChI=1S/C24H18N2O2/c25-13-9-11-14(12-10-13)26-23(27)21-19-15-5-1-2-6-16(15)20(22(21)24(26)28)18-8-4-3-7-17(18)19/h1-12,19-22H,25H2. The largest absolute Gasteiger partial charge is 0.399 e. The zero-order valence-corrected chi connectivity index (χ0v) is 15.1. The molecule has 0 saturated carbocycles. The Morgan fingerprint density at radius 1 is 0.607 bits per heavy atom. The maximum absolute atomic E-state index is 13.5. The minimum Gasteiger partial charge on any atom is -0.399 e. The summed E-state index contributed by atoms with van der Waals surface area (Å²) >= 11 is 0. The van der Waals surface area contributed by atoms with Gasteiger partial charge < -0.3 is 5.73 Å². The van der Waals surface area contributed by atoms with E-state index >= 15 is 0 Å². The lowest BCUT2D eigenvalue weighted by atomic mass is 9.55. The fourth-order valence-electron chi connectivity index (χ4n) is 5.56. The van der Waals surface area contributed by atoms with Crippen LogP contribution in [0.4, 0.5) is 11.4 Å². The number of carbonyl (C=O) groups excluding carboxylic acids is 2. The zero-order chi connectivity index (χ0) is 19.0. The molecule has 2 bridgehead atoms. The first-order valence-corrected chi connectivity index (χ1v) is 9.58. The fourth-order valence-corrected chi connectivity index (χ4v) is 5.56. The molecular formula is C24H18N2O2. The predicted molar refractivity (Wildman–Crippen MR) is 107 cm³/mol. The van der Waals surface area contributed by atoms with Gasteiger partial charge in [-0.3, -0.25) is 9.59 Å². The molecule has 4 heteroatoms. The van der Waals surface area contributed by atoms with E-state index in [1.165, 1.54) is 27.2 Å². The zero-order valence-electron chi connectivity index (χ0n) is 15.1. The molecule has 0 radical (unpaired) electrons. The van der Waals surface area contributed by atoms with E-state index in [1.54, 1.807) is 24.3 Å². The van der Waals surface area contributed by atoms with Crippen molar-refractivity contribution in [2.45, 2.75) is 11.8 Å². The van der Waals surface area contributed by atoms with Crippen LogP contribution in [0.3, 0.4) is 0 Å². The highest BCUT2D eigenvalue weighted by Gasteiger charge is 2.61. The maximum atomic E-state index is 13.5. The van der Waals surface area contributed by atoms with Crippen LogP contribution in [0.25, 0.3) is 0 Å². The van der Waals surface area contributed by atoms with Crippen molar-refractivity contribution in [2.24, 2.45) is 11.8 Å². The molecule has 7 rings (SSSR count). The Hall–Kier alpha value is -3.40. The molecule has 2 amide bonds. The second-order valence-electron chi connectivity index (χ2n) is 7.87. The van der Waals surface area contributed by atoms with E-state index < -0.39 is 0 Å². The smallest absolute Gasteiger partial charge is 0.238 e. The number of anilines is 2. The molecular weight excluding hydrogens is 348 g/mol. The molecule has 2 unspecified atom stereocenters. The van der Waals surface area contributed by atoms with Gasteiger partial charge in [0.2, 0.25) is 11.8 Å². The molecule has 28 heavy (non-hydrogen) atoms. The van der Waals surface area contributed by atoms with Gasteiger partial charge in [0.1, 0.15) is 0 Å². The van der Waals surface area contributed by atoms with Gasteiger partial charge in [-0.15, -0.1) is 0 Å². The molecule has 2 N–H and O–H groups in total. The summed E-state index contributed by atoms with van der Waals surface area (Å²) in [6.45, 7) is 0. The lowest BCUT2D eigenvalue weighted by molar-refractivity contribution is -0.122. The molecule has 1 saturated heterocycles. The molecule has 1 heterocycles. The van der Waals surface area contributed by atoms with Crippen LogP contribution in [-0.4, -0.2) is 11.8 Å². The van der Waals surface area contributed by atoms with Crippen molar-refractivity contribution in [1.29, 1.82) is 0 Å². The van der Waals surface area contributed by atoms with Crippen molar-refractivity contribution in [3.05, 3.63) is 95.1 Å². The summed E-state index contributed by atoms with van der Waals surface area (Å²) in [7, 11) is 0. The van der Waals surface area contributed by atoms with Crippen molar-refractivity contribution in [3.63, 3.8) is 0 Å². The molecule has 3 aliphatic carbocycles. The summed E-state index contributed by atoms with van der Waals surface area (Å²) in [6, 6.07) is 23.5. The number of hydrogen-bond acceptors (Lipinski definition) is 3. The quantitative estimate of drug-likeness (QED) is 0.528. The van der Waals surface area contributed by atoms with Gasteiger partial charge in [-0.1, -0.05) is 48.5 Å². The summed E-state index contributed by atoms with van der Waals surface area (Å²) in [5.41, 5.74) is 11.8. The predicted octanol–water partition coefficient (Wildman–Crippen LogP) is 3.67. The Labute approximate surface area is 162 Å². The van der Waals surface area contributed by atoms with Gasteiger partial charge >= 0.3 is 0 Å². The van der Waals surface area contributed by atoms with Crippen LogP contribution >= 0.6 is 0 Å². The minimum absolute atomic E-state index is 0.0716. The number of nitrogen functional groups attached to an aromatic ring is 1. The van der Waals surface area contributed by atoms with Crippen LogP contribution in [0, 0.1) is 11.8 Å². The van der Waals surface area contributed by atoms with E-state index in [4.69, 9.17) is 5.73 Å². The van der Waals surface area contributed by atoms with Gasteiger partial charge in [0.05, 0.1) is 17.5 Å². The number of imide groups is 1. The lowest BCUT2D eigenvalue weighted by Gasteiger charge is -2.45. The molecule has 4 nitrogen and oxygen atoms in total. The summed E-state index contributed by atoms with van der Waals surface area (Å²) in [4.78, 5) is 28.4. The third-order valence-electron chi connectivity index (χ3n) is 6.60. The Kier molecular flexibility index (Phi) is 2.97. The number of carbonyl (C=O) groups is 2. The number of hydrogen-bond donors (Lipinski definition) is 1. The Morgan fingerprint density at radius 2 is 1.00 bits per heavy atom. The van der Waals surface area contributed by atoms with Crippen molar-refractivity contribution in [1.82, 2.24) is 0 Å². The third-order valence-corrected chi connectivity index (χ3v) is 6.60. The minimum atomic E-state index is -0.347. The Bertz CT molecular complexity index is 1040. The highest BCUT2D eigenvalue weighted by molar-refractivity contribution is 6.23. The van der Waals surface area contributed by atoms with Crippen LogP contribution in [0.15, 0.2) is 72.8 Å². The van der Waals surface area contributed by atoms with E-state index in [9.17, 15) is 9.59 Å². The molecule has 1 aliphatic heterocycles. The molecule has 0 aromatic heterocycles. The normalized spacial score (nSPS) is 26.8. The maximum Gasteiger partial charge on any atom is 0.238 e. The second kappa shape index (κ2) is 5.32. The molecule has 3 aromatic rings. The molecule has 0 spiro atoms. The van der Waals surface area contributed by atoms with Gasteiger partial charge in [0.15, 0.2) is 0 Å². The summed E-state index contributed by atoms with van der Waals surface area (Å²) in [5, 5.41) is 0. The highest BCUT2D eigenvalue weighted by atomic mass is 16.2. The first-order chi connectivity index (χ1) is 13.7. The van der Waals surface area contributed by atoms with Crippen molar-refractivity contribution in [3.8, 4) is 0 Å².